The molecule has 79 valence electrons. The van der Waals surface area contributed by atoms with Gasteiger partial charge in [0.2, 0.25) is 0 Å². The Morgan fingerprint density at radius 1 is 1.25 bits per heavy atom. The van der Waals surface area contributed by atoms with Gasteiger partial charge in [-0.2, -0.15) is 5.10 Å². The van der Waals surface area contributed by atoms with Crippen LogP contribution in [0.3, 0.4) is 0 Å². The molecule has 0 saturated heterocycles. The van der Waals surface area contributed by atoms with Gasteiger partial charge >= 0.3 is 0 Å². The van der Waals surface area contributed by atoms with E-state index in [1.165, 1.54) is 0 Å². The summed E-state index contributed by atoms with van der Waals surface area (Å²) in [5.74, 6) is 0.709. The molecular formula is C12H10N3O. The van der Waals surface area contributed by atoms with Crippen LogP contribution in [0.2, 0.25) is 0 Å². The van der Waals surface area contributed by atoms with Crippen molar-refractivity contribution in [3.63, 3.8) is 0 Å². The average molecular weight is 212 g/mol. The third-order valence-corrected chi connectivity index (χ3v) is 2.01. The van der Waals surface area contributed by atoms with E-state index < -0.39 is 0 Å². The minimum absolute atomic E-state index is 0.245. The molecule has 1 aromatic rings. The zero-order valence-electron chi connectivity index (χ0n) is 8.50. The highest BCUT2D eigenvalue weighted by atomic mass is 16.2. The highest BCUT2D eigenvalue weighted by molar-refractivity contribution is 5.94. The summed E-state index contributed by atoms with van der Waals surface area (Å²) in [6.45, 7) is 0. The molecule has 1 amide bonds. The van der Waals surface area contributed by atoms with Gasteiger partial charge in [-0.15, -0.1) is 0 Å². The van der Waals surface area contributed by atoms with E-state index in [4.69, 9.17) is 0 Å². The normalized spacial score (nSPS) is 16.8. The van der Waals surface area contributed by atoms with Gasteiger partial charge in [-0.25, -0.2) is 5.43 Å². The van der Waals surface area contributed by atoms with E-state index in [9.17, 15) is 4.79 Å². The Hall–Kier alpha value is -1.71. The molecule has 1 aliphatic rings. The number of carbonyl (C=O) groups excluding carboxylic acids is 1. The van der Waals surface area contributed by atoms with Gasteiger partial charge in [-0.1, -0.05) is 0 Å². The lowest BCUT2D eigenvalue weighted by Gasteiger charge is -2.00. The molecule has 0 spiro atoms. The molecule has 4 nitrogen and oxygen atoms in total. The molecule has 2 rings (SSSR count). The number of hydrogen-bond acceptors (Lipinski definition) is 3. The van der Waals surface area contributed by atoms with Gasteiger partial charge in [0.1, 0.15) is 0 Å². The first-order chi connectivity index (χ1) is 7.86. The Bertz CT molecular complexity index is 369. The maximum atomic E-state index is 11.5. The maximum Gasteiger partial charge on any atom is 0.271 e. The zero-order valence-corrected chi connectivity index (χ0v) is 8.50. The van der Waals surface area contributed by atoms with Crippen molar-refractivity contribution in [2.45, 2.75) is 0 Å². The third kappa shape index (κ3) is 2.89. The van der Waals surface area contributed by atoms with Crippen LogP contribution in [0.5, 0.6) is 0 Å². The van der Waals surface area contributed by atoms with E-state index in [1.54, 1.807) is 30.7 Å². The lowest BCUT2D eigenvalue weighted by molar-refractivity contribution is 0.0955. The number of aromatic nitrogens is 1. The Labute approximate surface area is 94.8 Å². The largest absolute Gasteiger partial charge is 0.271 e. The van der Waals surface area contributed by atoms with Crippen LogP contribution in [0.4, 0.5) is 0 Å². The van der Waals surface area contributed by atoms with Crippen molar-refractivity contribution in [3.05, 3.63) is 61.7 Å². The molecule has 1 saturated carbocycles. The number of nitrogens with zero attached hydrogens (tertiary/aromatic N) is 2. The lowest BCUT2D eigenvalue weighted by atomic mass is 10.1. The van der Waals surface area contributed by atoms with Crippen molar-refractivity contribution in [2.75, 3.05) is 0 Å². The Kier molecular flexibility index (Phi) is 3.64. The predicted octanol–water partition coefficient (Wildman–Crippen LogP) is 1.20. The second-order valence-electron chi connectivity index (χ2n) is 3.15. The molecule has 1 heterocycles. The topological polar surface area (TPSA) is 54.4 Å². The summed E-state index contributed by atoms with van der Waals surface area (Å²) < 4.78 is 0. The van der Waals surface area contributed by atoms with E-state index in [1.807, 2.05) is 25.7 Å². The Morgan fingerprint density at radius 3 is 2.62 bits per heavy atom. The highest BCUT2D eigenvalue weighted by Crippen LogP contribution is 2.20. The minimum Gasteiger partial charge on any atom is -0.267 e. The number of hydrogen-bond donors (Lipinski definition) is 1. The van der Waals surface area contributed by atoms with Crippen LogP contribution in [-0.2, 0) is 0 Å². The highest BCUT2D eigenvalue weighted by Gasteiger charge is 2.14. The fraction of sp³-hybridized carbons (Fsp3) is 0. The fourth-order valence-electron chi connectivity index (χ4n) is 1.21. The molecule has 0 aliphatic heterocycles. The summed E-state index contributed by atoms with van der Waals surface area (Å²) in [6.07, 6.45) is 12.4. The summed E-state index contributed by atoms with van der Waals surface area (Å²) in [6, 6.07) is 3.26. The lowest BCUT2D eigenvalue weighted by Crippen LogP contribution is -2.18. The minimum atomic E-state index is -0.245. The molecule has 1 fully saturated rings. The summed E-state index contributed by atoms with van der Waals surface area (Å²) >= 11 is 0. The third-order valence-electron chi connectivity index (χ3n) is 2.01. The molecule has 1 aliphatic carbocycles. The van der Waals surface area contributed by atoms with Crippen molar-refractivity contribution in [1.29, 1.82) is 0 Å². The van der Waals surface area contributed by atoms with Gasteiger partial charge in [0.15, 0.2) is 0 Å². The molecule has 16 heavy (non-hydrogen) atoms. The van der Waals surface area contributed by atoms with Crippen LogP contribution in [0.15, 0.2) is 29.6 Å². The van der Waals surface area contributed by atoms with Gasteiger partial charge in [0.05, 0.1) is 0 Å². The zero-order chi connectivity index (χ0) is 11.2. The number of amides is 1. The predicted molar refractivity (Wildman–Crippen MR) is 60.6 cm³/mol. The van der Waals surface area contributed by atoms with Crippen LogP contribution < -0.4 is 5.43 Å². The molecule has 1 N–H and O–H groups in total. The van der Waals surface area contributed by atoms with Crippen LogP contribution >= 0.6 is 0 Å². The monoisotopic (exact) mass is 212 g/mol. The standard InChI is InChI=1S/C12H10N3O/c16-12(11-5-7-13-8-6-11)15-14-9-10-3-1-2-4-10/h1-9H,(H,15,16)/b14-9+. The fourth-order valence-corrected chi connectivity index (χ4v) is 1.21. The summed E-state index contributed by atoms with van der Waals surface area (Å²) in [4.78, 5) is 15.4. The van der Waals surface area contributed by atoms with Crippen molar-refractivity contribution < 1.29 is 4.79 Å². The molecule has 0 atom stereocenters. The number of hydrazone groups is 1. The van der Waals surface area contributed by atoms with E-state index in [2.05, 4.69) is 15.5 Å². The Morgan fingerprint density at radius 2 is 1.94 bits per heavy atom. The molecule has 0 bridgehead atoms. The smallest absolute Gasteiger partial charge is 0.267 e. The average Bonchev–Trinajstić information content (AvgIpc) is 2.83. The molecule has 0 unspecified atom stereocenters. The van der Waals surface area contributed by atoms with Crippen molar-refractivity contribution >= 4 is 12.1 Å². The van der Waals surface area contributed by atoms with Crippen LogP contribution in [-0.4, -0.2) is 17.1 Å². The number of pyridine rings is 1. The van der Waals surface area contributed by atoms with Crippen molar-refractivity contribution in [1.82, 2.24) is 10.4 Å². The molecule has 1 aromatic heterocycles. The molecule has 0 aromatic carbocycles. The van der Waals surface area contributed by atoms with Crippen LogP contribution in [0.25, 0.3) is 0 Å². The number of rotatable bonds is 3. The van der Waals surface area contributed by atoms with Crippen molar-refractivity contribution in [2.24, 2.45) is 5.10 Å². The second-order valence-corrected chi connectivity index (χ2v) is 3.15. The van der Waals surface area contributed by atoms with Crippen LogP contribution in [0, 0.1) is 31.6 Å². The van der Waals surface area contributed by atoms with Gasteiger partial charge in [0.25, 0.3) is 5.91 Å². The van der Waals surface area contributed by atoms with Gasteiger partial charge in [-0.3, -0.25) is 9.78 Å². The first kappa shape index (κ1) is 10.8. The Balaban J connectivity index is 1.83. The van der Waals surface area contributed by atoms with Gasteiger partial charge < -0.3 is 0 Å². The number of nitrogens with one attached hydrogen (secondary N) is 1. The first-order valence-corrected chi connectivity index (χ1v) is 4.81. The molecule has 4 heteroatoms. The van der Waals surface area contributed by atoms with Crippen molar-refractivity contribution in [3.8, 4) is 0 Å². The van der Waals surface area contributed by atoms with E-state index in [-0.39, 0.29) is 5.91 Å². The first-order valence-electron chi connectivity index (χ1n) is 4.81. The van der Waals surface area contributed by atoms with Gasteiger partial charge in [-0.05, 0) is 37.8 Å². The second kappa shape index (κ2) is 5.39. The molecular weight excluding hydrogens is 202 g/mol. The quantitative estimate of drug-likeness (QED) is 0.604. The van der Waals surface area contributed by atoms with E-state index in [0.29, 0.717) is 5.56 Å². The maximum absolute atomic E-state index is 11.5. The van der Waals surface area contributed by atoms with E-state index >= 15 is 0 Å². The number of carbonyl (C=O) groups is 1. The molecule has 5 radical (unpaired) electrons. The SMILES string of the molecule is O=C(N/N=C/[C]1[CH][CH][CH][CH]1)c1ccncc1. The summed E-state index contributed by atoms with van der Waals surface area (Å²) in [5.41, 5.74) is 2.98. The summed E-state index contributed by atoms with van der Waals surface area (Å²) in [5, 5.41) is 3.85. The van der Waals surface area contributed by atoms with Crippen LogP contribution in [0.1, 0.15) is 10.4 Å². The van der Waals surface area contributed by atoms with E-state index in [0.717, 1.165) is 5.92 Å². The van der Waals surface area contributed by atoms with Gasteiger partial charge in [0, 0.05) is 30.1 Å². The summed E-state index contributed by atoms with van der Waals surface area (Å²) in [7, 11) is 0.